The number of carbonyl (C=O) groups is 2. The highest BCUT2D eigenvalue weighted by Crippen LogP contribution is 2.39. The second-order valence-corrected chi connectivity index (χ2v) is 14.4. The number of hydrogen-bond acceptors (Lipinski definition) is 7. The van der Waals surface area contributed by atoms with E-state index in [0.29, 0.717) is 26.9 Å². The molecule has 0 saturated heterocycles. The molecule has 0 aliphatic heterocycles. The first-order valence-corrected chi connectivity index (χ1v) is 16.4. The van der Waals surface area contributed by atoms with E-state index in [9.17, 15) is 27.2 Å². The topological polar surface area (TPSA) is 133 Å². The second-order valence-electron chi connectivity index (χ2n) is 14.0. The fourth-order valence-corrected chi connectivity index (χ4v) is 6.04. The van der Waals surface area contributed by atoms with E-state index in [1.807, 2.05) is 27.7 Å². The monoisotopic (exact) mass is 730 g/mol. The Morgan fingerprint density at radius 2 is 1.80 bits per heavy atom. The van der Waals surface area contributed by atoms with Gasteiger partial charge in [0.25, 0.3) is 12.3 Å². The van der Waals surface area contributed by atoms with Gasteiger partial charge in [-0.3, -0.25) is 4.79 Å². The van der Waals surface area contributed by atoms with E-state index < -0.39 is 53.3 Å². The molecule has 1 aliphatic rings. The molecular formula is C35H39ClF4N8O3. The van der Waals surface area contributed by atoms with Crippen molar-refractivity contribution in [2.45, 2.75) is 77.1 Å². The number of alkyl halides is 4. The van der Waals surface area contributed by atoms with Gasteiger partial charge in [0.1, 0.15) is 18.5 Å². The van der Waals surface area contributed by atoms with Gasteiger partial charge >= 0.3 is 12.6 Å². The zero-order chi connectivity index (χ0) is 37.3. The van der Waals surface area contributed by atoms with Crippen LogP contribution in [0.2, 0.25) is 5.02 Å². The molecule has 0 bridgehead atoms. The minimum absolute atomic E-state index is 0.0535. The van der Waals surface area contributed by atoms with Crippen molar-refractivity contribution in [3.05, 3.63) is 95.9 Å². The van der Waals surface area contributed by atoms with E-state index >= 15 is 0 Å². The van der Waals surface area contributed by atoms with Crippen LogP contribution in [0.4, 0.5) is 22.4 Å². The smallest absolute Gasteiger partial charge is 0.407 e. The van der Waals surface area contributed by atoms with Gasteiger partial charge in [0, 0.05) is 23.5 Å². The number of nitrogens with one attached hydrogen (secondary N) is 1. The van der Waals surface area contributed by atoms with Crippen molar-refractivity contribution in [2.75, 3.05) is 6.61 Å². The lowest BCUT2D eigenvalue weighted by Gasteiger charge is -2.40. The maximum atomic E-state index is 14.9. The Morgan fingerprint density at radius 1 is 1.12 bits per heavy atom. The molecule has 0 unspecified atom stereocenters. The summed E-state index contributed by atoms with van der Waals surface area (Å²) in [5, 5.41) is 10.5. The van der Waals surface area contributed by atoms with Crippen molar-refractivity contribution >= 4 is 23.6 Å². The van der Waals surface area contributed by atoms with E-state index in [1.165, 1.54) is 35.6 Å². The SMILES string of the molecule is C=CN(C(=O)[C@@](N)(CC(C)(C)C)c1ccc(-c2cnn(C(F)F)c2)cc1)[C@H](COC(=O)NC1(C)CC1)c1ccc(Cl)c(-n2ncnc2C(F)F)c1. The lowest BCUT2D eigenvalue weighted by molar-refractivity contribution is -0.139. The van der Waals surface area contributed by atoms with Gasteiger partial charge in [-0.1, -0.05) is 69.3 Å². The number of amides is 2. The van der Waals surface area contributed by atoms with Crippen LogP contribution in [-0.4, -0.2) is 53.6 Å². The molecule has 4 aromatic rings. The maximum Gasteiger partial charge on any atom is 0.407 e. The van der Waals surface area contributed by atoms with Gasteiger partial charge < -0.3 is 20.7 Å². The van der Waals surface area contributed by atoms with E-state index in [0.717, 1.165) is 23.9 Å². The molecule has 2 atom stereocenters. The van der Waals surface area contributed by atoms with Crippen molar-refractivity contribution in [3.63, 3.8) is 0 Å². The molecule has 11 nitrogen and oxygen atoms in total. The summed E-state index contributed by atoms with van der Waals surface area (Å²) < 4.78 is 61.0. The van der Waals surface area contributed by atoms with Crippen LogP contribution >= 0.6 is 11.6 Å². The molecule has 1 fully saturated rings. The average molecular weight is 731 g/mol. The third-order valence-electron chi connectivity index (χ3n) is 8.62. The first kappa shape index (κ1) is 37.5. The highest BCUT2D eigenvalue weighted by atomic mass is 35.5. The summed E-state index contributed by atoms with van der Waals surface area (Å²) in [7, 11) is 0. The lowest BCUT2D eigenvalue weighted by atomic mass is 9.75. The van der Waals surface area contributed by atoms with Gasteiger partial charge in [-0.25, -0.2) is 27.9 Å². The van der Waals surface area contributed by atoms with Crippen LogP contribution in [-0.2, 0) is 15.1 Å². The molecule has 1 aliphatic carbocycles. The molecule has 1 saturated carbocycles. The predicted octanol–water partition coefficient (Wildman–Crippen LogP) is 7.70. The Morgan fingerprint density at radius 3 is 2.37 bits per heavy atom. The van der Waals surface area contributed by atoms with Gasteiger partial charge in [0.15, 0.2) is 5.82 Å². The van der Waals surface area contributed by atoms with E-state index in [1.54, 1.807) is 30.3 Å². The molecule has 2 aromatic heterocycles. The number of aromatic nitrogens is 5. The number of rotatable bonds is 13. The summed E-state index contributed by atoms with van der Waals surface area (Å²) >= 11 is 6.46. The predicted molar refractivity (Wildman–Crippen MR) is 182 cm³/mol. The van der Waals surface area contributed by atoms with Crippen LogP contribution in [0.5, 0.6) is 0 Å². The standard InChI is InChI=1S/C35H39ClF4N8O3/c1-6-46(30(49)35(41,19-33(2,3)4)24-10-7-21(8-11-24)23-16-43-47(17-23)31(39)40)27(18-51-32(50)45-34(5)13-14-34)22-9-12-25(36)26(15-22)48-29(28(37)38)42-20-44-48/h6-12,15-17,20,27-28,31H,1,13-14,18-19,41H2,2-5H3,(H,45,50)/t27-,35-/m1/s1. The van der Waals surface area contributed by atoms with Crippen LogP contribution in [0.3, 0.4) is 0 Å². The van der Waals surface area contributed by atoms with Crippen LogP contribution in [0.25, 0.3) is 16.8 Å². The number of nitrogens with two attached hydrogens (primary N) is 1. The van der Waals surface area contributed by atoms with Gasteiger partial charge in [-0.15, -0.1) is 0 Å². The van der Waals surface area contributed by atoms with Crippen LogP contribution in [0.15, 0.2) is 74.0 Å². The first-order chi connectivity index (χ1) is 23.9. The number of alkyl carbamates (subject to hydrolysis) is 1. The summed E-state index contributed by atoms with van der Waals surface area (Å²) in [6.45, 7) is 8.35. The lowest BCUT2D eigenvalue weighted by Crippen LogP contribution is -2.54. The molecule has 51 heavy (non-hydrogen) atoms. The third-order valence-corrected chi connectivity index (χ3v) is 8.94. The van der Waals surface area contributed by atoms with Crippen molar-refractivity contribution in [1.29, 1.82) is 0 Å². The zero-order valence-electron chi connectivity index (χ0n) is 28.5. The fraction of sp³-hybridized carbons (Fsp3) is 0.400. The Balaban J connectivity index is 1.56. The van der Waals surface area contributed by atoms with E-state index in [2.05, 4.69) is 27.1 Å². The number of benzene rings is 2. The molecule has 5 rings (SSSR count). The fourth-order valence-electron chi connectivity index (χ4n) is 5.84. The molecule has 16 heteroatoms. The Kier molecular flexibility index (Phi) is 10.6. The first-order valence-electron chi connectivity index (χ1n) is 16.0. The third kappa shape index (κ3) is 8.42. The van der Waals surface area contributed by atoms with Crippen LogP contribution < -0.4 is 11.1 Å². The summed E-state index contributed by atoms with van der Waals surface area (Å²) in [6, 6.07) is 10.0. The maximum absolute atomic E-state index is 14.9. The van der Waals surface area contributed by atoms with Crippen molar-refractivity contribution < 1.29 is 31.9 Å². The zero-order valence-corrected chi connectivity index (χ0v) is 29.2. The number of nitrogens with zero attached hydrogens (tertiary/aromatic N) is 6. The molecule has 3 N–H and O–H groups in total. The number of carbonyl (C=O) groups excluding carboxylic acids is 2. The van der Waals surface area contributed by atoms with Gasteiger partial charge in [-0.05, 0) is 60.4 Å². The molecule has 2 heterocycles. The summed E-state index contributed by atoms with van der Waals surface area (Å²) in [5.74, 6) is -1.26. The molecule has 2 aromatic carbocycles. The van der Waals surface area contributed by atoms with Crippen molar-refractivity contribution in [3.8, 4) is 16.8 Å². The van der Waals surface area contributed by atoms with Crippen LogP contribution in [0, 0.1) is 5.41 Å². The summed E-state index contributed by atoms with van der Waals surface area (Å²) in [6.07, 6.45) is 2.79. The molecule has 0 radical (unpaired) electrons. The van der Waals surface area contributed by atoms with Gasteiger partial charge in [0.05, 0.1) is 22.9 Å². The second kappa shape index (κ2) is 14.5. The van der Waals surface area contributed by atoms with Gasteiger partial charge in [0.2, 0.25) is 0 Å². The Bertz CT molecular complexity index is 1890. The summed E-state index contributed by atoms with van der Waals surface area (Å²) in [5.41, 5.74) is 6.35. The Labute approximate surface area is 297 Å². The number of halogens is 5. The number of ether oxygens (including phenoxy) is 1. The largest absolute Gasteiger partial charge is 0.447 e. The average Bonchev–Trinajstić information content (AvgIpc) is 3.44. The minimum atomic E-state index is -2.97. The molecule has 272 valence electrons. The molecule has 2 amide bonds. The highest BCUT2D eigenvalue weighted by molar-refractivity contribution is 6.32. The van der Waals surface area contributed by atoms with Crippen molar-refractivity contribution in [1.82, 2.24) is 34.8 Å². The highest BCUT2D eigenvalue weighted by Gasteiger charge is 2.44. The molecule has 0 spiro atoms. The van der Waals surface area contributed by atoms with Crippen LogP contribution in [0.1, 0.15) is 82.9 Å². The van der Waals surface area contributed by atoms with Crippen molar-refractivity contribution in [2.24, 2.45) is 11.1 Å². The normalized spacial score (nSPS) is 15.7. The summed E-state index contributed by atoms with van der Waals surface area (Å²) in [4.78, 5) is 32.6. The van der Waals surface area contributed by atoms with E-state index in [4.69, 9.17) is 22.1 Å². The number of hydrogen-bond donors (Lipinski definition) is 2. The molecular weight excluding hydrogens is 692 g/mol. The Hall–Kier alpha value is -4.76. The van der Waals surface area contributed by atoms with E-state index in [-0.39, 0.29) is 23.7 Å². The quantitative estimate of drug-likeness (QED) is 0.135. The van der Waals surface area contributed by atoms with Gasteiger partial charge in [-0.2, -0.15) is 19.0 Å². The minimum Gasteiger partial charge on any atom is -0.447 e.